The maximum absolute atomic E-state index is 12.6. The SMILES string of the molecule is Cc1nc(-c2ccccn2)sc1C(=O)NCc1cccc(N2CCOC2=O)c1. The Labute approximate surface area is 166 Å². The van der Waals surface area contributed by atoms with Crippen molar-refractivity contribution in [3.05, 3.63) is 64.8 Å². The van der Waals surface area contributed by atoms with Crippen LogP contribution < -0.4 is 10.2 Å². The lowest BCUT2D eigenvalue weighted by Gasteiger charge is -2.14. The van der Waals surface area contributed by atoms with Crippen molar-refractivity contribution < 1.29 is 14.3 Å². The Morgan fingerprint density at radius 1 is 1.29 bits per heavy atom. The van der Waals surface area contributed by atoms with Gasteiger partial charge in [-0.05, 0) is 36.8 Å². The summed E-state index contributed by atoms with van der Waals surface area (Å²) in [6.45, 7) is 3.09. The van der Waals surface area contributed by atoms with Crippen molar-refractivity contribution >= 4 is 29.0 Å². The molecule has 1 aromatic carbocycles. The molecule has 1 N–H and O–H groups in total. The number of hydrogen-bond acceptors (Lipinski definition) is 6. The summed E-state index contributed by atoms with van der Waals surface area (Å²) in [6, 6.07) is 13.1. The average molecular weight is 394 g/mol. The Bertz CT molecular complexity index is 1020. The zero-order valence-electron chi connectivity index (χ0n) is 15.2. The van der Waals surface area contributed by atoms with Crippen molar-refractivity contribution in [2.24, 2.45) is 0 Å². The van der Waals surface area contributed by atoms with Crippen molar-refractivity contribution in [3.8, 4) is 10.7 Å². The Morgan fingerprint density at radius 2 is 2.18 bits per heavy atom. The number of aromatic nitrogens is 2. The smallest absolute Gasteiger partial charge is 0.414 e. The molecule has 28 heavy (non-hydrogen) atoms. The molecule has 3 aromatic rings. The fourth-order valence-corrected chi connectivity index (χ4v) is 3.89. The highest BCUT2D eigenvalue weighted by Gasteiger charge is 2.23. The Kier molecular flexibility index (Phi) is 5.03. The van der Waals surface area contributed by atoms with Crippen LogP contribution in [0.15, 0.2) is 48.7 Å². The molecule has 0 atom stereocenters. The molecule has 0 aliphatic carbocycles. The molecule has 8 heteroatoms. The lowest BCUT2D eigenvalue weighted by atomic mass is 10.2. The number of carbonyl (C=O) groups is 2. The van der Waals surface area contributed by atoms with Gasteiger partial charge in [0.2, 0.25) is 0 Å². The number of cyclic esters (lactones) is 1. The normalized spacial score (nSPS) is 13.5. The van der Waals surface area contributed by atoms with Crippen molar-refractivity contribution in [1.29, 1.82) is 0 Å². The van der Waals surface area contributed by atoms with E-state index in [0.29, 0.717) is 30.3 Å². The van der Waals surface area contributed by atoms with Gasteiger partial charge in [0, 0.05) is 18.4 Å². The maximum Gasteiger partial charge on any atom is 0.414 e. The topological polar surface area (TPSA) is 84.4 Å². The summed E-state index contributed by atoms with van der Waals surface area (Å²) in [5.74, 6) is -0.178. The van der Waals surface area contributed by atoms with E-state index in [4.69, 9.17) is 4.74 Å². The van der Waals surface area contributed by atoms with Crippen LogP contribution in [-0.4, -0.2) is 35.1 Å². The summed E-state index contributed by atoms with van der Waals surface area (Å²) in [5.41, 5.74) is 3.09. The molecule has 1 aliphatic heterocycles. The highest BCUT2D eigenvalue weighted by molar-refractivity contribution is 7.17. The maximum atomic E-state index is 12.6. The van der Waals surface area contributed by atoms with Gasteiger partial charge in [0.25, 0.3) is 5.91 Å². The number of rotatable bonds is 5. The second kappa shape index (κ2) is 7.77. The Hall–Kier alpha value is -3.26. The van der Waals surface area contributed by atoms with Gasteiger partial charge >= 0.3 is 6.09 Å². The lowest BCUT2D eigenvalue weighted by Crippen LogP contribution is -2.24. The fraction of sp³-hybridized carbons (Fsp3) is 0.200. The van der Waals surface area contributed by atoms with Gasteiger partial charge in [0.15, 0.2) is 0 Å². The third-order valence-electron chi connectivity index (χ3n) is 4.32. The van der Waals surface area contributed by atoms with Gasteiger partial charge in [-0.2, -0.15) is 0 Å². The van der Waals surface area contributed by atoms with Crippen molar-refractivity contribution in [1.82, 2.24) is 15.3 Å². The number of amides is 2. The van der Waals surface area contributed by atoms with Crippen LogP contribution in [0, 0.1) is 6.92 Å². The summed E-state index contributed by atoms with van der Waals surface area (Å²) >= 11 is 1.32. The third-order valence-corrected chi connectivity index (χ3v) is 5.50. The minimum atomic E-state index is -0.344. The van der Waals surface area contributed by atoms with Crippen LogP contribution >= 0.6 is 11.3 Å². The van der Waals surface area contributed by atoms with Crippen molar-refractivity contribution in [2.45, 2.75) is 13.5 Å². The van der Waals surface area contributed by atoms with Gasteiger partial charge < -0.3 is 10.1 Å². The third kappa shape index (κ3) is 3.72. The number of aryl methyl sites for hydroxylation is 1. The largest absolute Gasteiger partial charge is 0.447 e. The van der Waals surface area contributed by atoms with Crippen molar-refractivity contribution in [3.63, 3.8) is 0 Å². The van der Waals surface area contributed by atoms with E-state index < -0.39 is 0 Å². The predicted octanol–water partition coefficient (Wildman–Crippen LogP) is 3.40. The quantitative estimate of drug-likeness (QED) is 0.717. The minimum Gasteiger partial charge on any atom is -0.447 e. The number of anilines is 1. The van der Waals surface area contributed by atoms with E-state index >= 15 is 0 Å². The molecule has 0 unspecified atom stereocenters. The average Bonchev–Trinajstić information content (AvgIpc) is 3.33. The number of nitrogens with one attached hydrogen (secondary N) is 1. The molecular weight excluding hydrogens is 376 g/mol. The molecule has 3 heterocycles. The second-order valence-corrected chi connectivity index (χ2v) is 7.27. The van der Waals surface area contributed by atoms with E-state index in [1.54, 1.807) is 11.1 Å². The van der Waals surface area contributed by atoms with E-state index in [9.17, 15) is 9.59 Å². The molecule has 7 nitrogen and oxygen atoms in total. The summed E-state index contributed by atoms with van der Waals surface area (Å²) in [6.07, 6.45) is 1.36. The zero-order chi connectivity index (χ0) is 19.5. The van der Waals surface area contributed by atoms with E-state index in [1.807, 2.05) is 49.4 Å². The van der Waals surface area contributed by atoms with Crippen LogP contribution in [0.4, 0.5) is 10.5 Å². The predicted molar refractivity (Wildman–Crippen MR) is 106 cm³/mol. The van der Waals surface area contributed by atoms with Gasteiger partial charge in [-0.1, -0.05) is 18.2 Å². The Balaban J connectivity index is 1.45. The first-order valence-electron chi connectivity index (χ1n) is 8.82. The summed E-state index contributed by atoms with van der Waals surface area (Å²) in [4.78, 5) is 35.3. The molecule has 1 aliphatic rings. The van der Waals surface area contributed by atoms with Crippen molar-refractivity contribution in [2.75, 3.05) is 18.1 Å². The van der Waals surface area contributed by atoms with Gasteiger partial charge in [-0.3, -0.25) is 14.7 Å². The van der Waals surface area contributed by atoms with Crippen LogP contribution in [0.1, 0.15) is 20.9 Å². The number of benzene rings is 1. The molecule has 1 saturated heterocycles. The zero-order valence-corrected chi connectivity index (χ0v) is 16.0. The van der Waals surface area contributed by atoms with Gasteiger partial charge in [0.1, 0.15) is 16.5 Å². The molecule has 0 saturated carbocycles. The molecule has 2 aromatic heterocycles. The van der Waals surface area contributed by atoms with Gasteiger partial charge in [-0.25, -0.2) is 9.78 Å². The fourth-order valence-electron chi connectivity index (χ4n) is 2.93. The molecule has 2 amide bonds. The van der Waals surface area contributed by atoms with Gasteiger partial charge in [-0.15, -0.1) is 11.3 Å². The second-order valence-electron chi connectivity index (χ2n) is 6.27. The number of nitrogens with zero attached hydrogens (tertiary/aromatic N) is 3. The van der Waals surface area contributed by atoms with Crippen LogP contribution in [0.2, 0.25) is 0 Å². The number of ether oxygens (including phenoxy) is 1. The van der Waals surface area contributed by atoms with E-state index in [0.717, 1.165) is 22.0 Å². The lowest BCUT2D eigenvalue weighted by molar-refractivity contribution is 0.0954. The molecule has 4 rings (SSSR count). The highest BCUT2D eigenvalue weighted by Crippen LogP contribution is 2.26. The number of hydrogen-bond donors (Lipinski definition) is 1. The van der Waals surface area contributed by atoms with E-state index in [1.165, 1.54) is 11.3 Å². The summed E-state index contributed by atoms with van der Waals surface area (Å²) < 4.78 is 4.97. The standard InChI is InChI=1S/C20H18N4O3S/c1-13-17(28-19(23-13)16-7-2-3-8-21-16)18(25)22-12-14-5-4-6-15(11-14)24-9-10-27-20(24)26/h2-8,11H,9-10,12H2,1H3,(H,22,25). The molecule has 1 fully saturated rings. The van der Waals surface area contributed by atoms with Crippen LogP contribution in [-0.2, 0) is 11.3 Å². The number of pyridine rings is 1. The molecule has 142 valence electrons. The van der Waals surface area contributed by atoms with E-state index in [-0.39, 0.29) is 12.0 Å². The molecule has 0 bridgehead atoms. The monoisotopic (exact) mass is 394 g/mol. The van der Waals surface area contributed by atoms with Crippen LogP contribution in [0.3, 0.4) is 0 Å². The minimum absolute atomic E-state index is 0.178. The summed E-state index contributed by atoms with van der Waals surface area (Å²) in [5, 5.41) is 3.65. The number of thiazole rings is 1. The van der Waals surface area contributed by atoms with E-state index in [2.05, 4.69) is 15.3 Å². The first kappa shape index (κ1) is 18.1. The van der Waals surface area contributed by atoms with Gasteiger partial charge in [0.05, 0.1) is 17.9 Å². The van der Waals surface area contributed by atoms with Crippen LogP contribution in [0.5, 0.6) is 0 Å². The highest BCUT2D eigenvalue weighted by atomic mass is 32.1. The Morgan fingerprint density at radius 3 is 2.93 bits per heavy atom. The molecule has 0 spiro atoms. The van der Waals surface area contributed by atoms with Crippen LogP contribution in [0.25, 0.3) is 10.7 Å². The number of carbonyl (C=O) groups excluding carboxylic acids is 2. The first-order chi connectivity index (χ1) is 13.6. The molecular formula is C20H18N4O3S. The summed E-state index contributed by atoms with van der Waals surface area (Å²) in [7, 11) is 0. The molecule has 0 radical (unpaired) electrons. The first-order valence-corrected chi connectivity index (χ1v) is 9.64.